The smallest absolute Gasteiger partial charge is 0.307 e. The Morgan fingerprint density at radius 3 is 2.56 bits per heavy atom. The van der Waals surface area contributed by atoms with E-state index in [0.29, 0.717) is 14.9 Å². The number of carboxylic acids is 1. The van der Waals surface area contributed by atoms with Gasteiger partial charge in [0.25, 0.3) is 0 Å². The van der Waals surface area contributed by atoms with E-state index < -0.39 is 22.7 Å². The van der Waals surface area contributed by atoms with Gasteiger partial charge in [-0.1, -0.05) is 30.1 Å². The molecule has 0 aromatic heterocycles. The molecule has 0 fully saturated rings. The lowest BCUT2D eigenvalue weighted by Gasteiger charge is -2.06. The minimum Gasteiger partial charge on any atom is -0.481 e. The number of carboxylic acid groups (broad SMARTS) is 1. The summed E-state index contributed by atoms with van der Waals surface area (Å²) in [4.78, 5) is 11.1. The van der Waals surface area contributed by atoms with Crippen LogP contribution in [0.2, 0.25) is 10.0 Å². The van der Waals surface area contributed by atoms with E-state index in [9.17, 15) is 9.00 Å². The number of carbonyl (C=O) groups is 1. The van der Waals surface area contributed by atoms with Crippen LogP contribution in [0.3, 0.4) is 0 Å². The van der Waals surface area contributed by atoms with Crippen LogP contribution in [0.15, 0.2) is 23.1 Å². The van der Waals surface area contributed by atoms with Crippen molar-refractivity contribution >= 4 is 40.0 Å². The maximum atomic E-state index is 11.8. The molecular formula is C10H10Cl2O3S. The van der Waals surface area contributed by atoms with E-state index >= 15 is 0 Å². The predicted molar refractivity (Wildman–Crippen MR) is 64.5 cm³/mol. The van der Waals surface area contributed by atoms with E-state index in [1.54, 1.807) is 12.1 Å². The maximum absolute atomic E-state index is 11.8. The highest BCUT2D eigenvalue weighted by molar-refractivity contribution is 7.85. The number of rotatable bonds is 4. The van der Waals surface area contributed by atoms with Crippen LogP contribution in [-0.2, 0) is 15.6 Å². The lowest BCUT2D eigenvalue weighted by atomic mass is 10.2. The van der Waals surface area contributed by atoms with Crippen molar-refractivity contribution in [1.82, 2.24) is 0 Å². The van der Waals surface area contributed by atoms with E-state index in [4.69, 9.17) is 28.3 Å². The zero-order chi connectivity index (χ0) is 12.3. The third-order valence-electron chi connectivity index (χ3n) is 1.98. The van der Waals surface area contributed by atoms with Crippen molar-refractivity contribution in [3.8, 4) is 0 Å². The van der Waals surface area contributed by atoms with Gasteiger partial charge in [0.05, 0.1) is 26.8 Å². The number of aliphatic carboxylic acids is 1. The molecule has 0 aliphatic carbocycles. The molecule has 6 heteroatoms. The number of hydrogen-bond acceptors (Lipinski definition) is 2. The molecule has 88 valence electrons. The van der Waals surface area contributed by atoms with Gasteiger partial charge in [-0.15, -0.1) is 0 Å². The molecule has 0 heterocycles. The molecule has 1 aromatic rings. The summed E-state index contributed by atoms with van der Waals surface area (Å²) in [7, 11) is -1.38. The fourth-order valence-corrected chi connectivity index (χ4v) is 2.63. The van der Waals surface area contributed by atoms with E-state index in [1.807, 2.05) is 0 Å². The van der Waals surface area contributed by atoms with Crippen LogP contribution in [0, 0.1) is 5.92 Å². The van der Waals surface area contributed by atoms with Gasteiger partial charge in [0, 0.05) is 10.6 Å². The predicted octanol–water partition coefficient (Wildman–Crippen LogP) is 2.82. The molecular weight excluding hydrogens is 271 g/mol. The average molecular weight is 281 g/mol. The molecule has 0 bridgehead atoms. The van der Waals surface area contributed by atoms with Gasteiger partial charge in [0.1, 0.15) is 0 Å². The molecule has 1 aromatic carbocycles. The van der Waals surface area contributed by atoms with Crippen molar-refractivity contribution in [2.75, 3.05) is 5.75 Å². The molecule has 0 saturated heterocycles. The Kier molecular flexibility index (Phi) is 4.77. The zero-order valence-electron chi connectivity index (χ0n) is 8.44. The molecule has 1 rings (SSSR count). The van der Waals surface area contributed by atoms with Crippen molar-refractivity contribution < 1.29 is 14.1 Å². The third-order valence-corrected chi connectivity index (χ3v) is 4.30. The first-order valence-corrected chi connectivity index (χ1v) is 6.55. The molecule has 1 N–H and O–H groups in total. The van der Waals surface area contributed by atoms with Gasteiger partial charge in [0.2, 0.25) is 0 Å². The summed E-state index contributed by atoms with van der Waals surface area (Å²) >= 11 is 11.5. The van der Waals surface area contributed by atoms with Crippen LogP contribution in [0.1, 0.15) is 6.92 Å². The first kappa shape index (κ1) is 13.5. The third kappa shape index (κ3) is 3.47. The Balaban J connectivity index is 2.81. The van der Waals surface area contributed by atoms with Crippen LogP contribution in [-0.4, -0.2) is 21.0 Å². The topological polar surface area (TPSA) is 54.4 Å². The summed E-state index contributed by atoms with van der Waals surface area (Å²) < 4.78 is 11.8. The molecule has 3 nitrogen and oxygen atoms in total. The quantitative estimate of drug-likeness (QED) is 0.923. The molecule has 2 atom stereocenters. The van der Waals surface area contributed by atoms with Crippen molar-refractivity contribution in [3.05, 3.63) is 28.2 Å². The second-order valence-corrected chi connectivity index (χ2v) is 5.64. The summed E-state index contributed by atoms with van der Waals surface area (Å²) in [5.41, 5.74) is 0. The minimum atomic E-state index is -1.38. The second kappa shape index (κ2) is 5.66. The normalized spacial score (nSPS) is 14.4. The molecule has 0 aliphatic heterocycles. The van der Waals surface area contributed by atoms with Gasteiger partial charge in [0.15, 0.2) is 0 Å². The molecule has 0 saturated carbocycles. The van der Waals surface area contributed by atoms with E-state index in [-0.39, 0.29) is 5.75 Å². The van der Waals surface area contributed by atoms with Crippen molar-refractivity contribution in [2.45, 2.75) is 11.8 Å². The van der Waals surface area contributed by atoms with Gasteiger partial charge >= 0.3 is 5.97 Å². The Hall–Kier alpha value is -0.580. The summed E-state index contributed by atoms with van der Waals surface area (Å²) in [6, 6.07) is 4.62. The van der Waals surface area contributed by atoms with Crippen molar-refractivity contribution in [3.63, 3.8) is 0 Å². The number of halogens is 2. The Bertz CT molecular complexity index is 434. The second-order valence-electron chi connectivity index (χ2n) is 3.33. The van der Waals surface area contributed by atoms with Crippen LogP contribution in [0.4, 0.5) is 0 Å². The lowest BCUT2D eigenvalue weighted by molar-refractivity contribution is -0.140. The van der Waals surface area contributed by atoms with Gasteiger partial charge in [-0.2, -0.15) is 0 Å². The van der Waals surface area contributed by atoms with Crippen LogP contribution >= 0.6 is 23.2 Å². The highest BCUT2D eigenvalue weighted by atomic mass is 35.5. The Labute approximate surface area is 106 Å². The molecule has 0 aliphatic rings. The highest BCUT2D eigenvalue weighted by Gasteiger charge is 2.16. The van der Waals surface area contributed by atoms with E-state index in [0.717, 1.165) is 0 Å². The first-order chi connectivity index (χ1) is 7.41. The van der Waals surface area contributed by atoms with Crippen LogP contribution in [0.25, 0.3) is 0 Å². The molecule has 0 amide bonds. The Morgan fingerprint density at radius 2 is 2.06 bits per heavy atom. The summed E-state index contributed by atoms with van der Waals surface area (Å²) in [6.45, 7) is 1.51. The van der Waals surface area contributed by atoms with Crippen LogP contribution < -0.4 is 0 Å². The summed E-state index contributed by atoms with van der Waals surface area (Å²) in [5, 5.41) is 9.39. The standard InChI is InChI=1S/C10H10Cl2O3S/c1-6(10(13)14)5-16(15)7-2-3-8(11)9(12)4-7/h2-4,6H,5H2,1H3,(H,13,14). The van der Waals surface area contributed by atoms with Crippen molar-refractivity contribution in [1.29, 1.82) is 0 Å². The fourth-order valence-electron chi connectivity index (χ4n) is 1.01. The molecule has 16 heavy (non-hydrogen) atoms. The number of benzene rings is 1. The van der Waals surface area contributed by atoms with Gasteiger partial charge in [-0.05, 0) is 18.2 Å². The fraction of sp³-hybridized carbons (Fsp3) is 0.300. The average Bonchev–Trinajstić information content (AvgIpc) is 2.21. The van der Waals surface area contributed by atoms with Gasteiger partial charge in [-0.3, -0.25) is 9.00 Å². The molecule has 0 radical (unpaired) electrons. The Morgan fingerprint density at radius 1 is 1.44 bits per heavy atom. The minimum absolute atomic E-state index is 0.0628. The zero-order valence-corrected chi connectivity index (χ0v) is 10.8. The summed E-state index contributed by atoms with van der Waals surface area (Å²) in [5.74, 6) is -1.56. The largest absolute Gasteiger partial charge is 0.481 e. The van der Waals surface area contributed by atoms with Crippen LogP contribution in [0.5, 0.6) is 0 Å². The lowest BCUT2D eigenvalue weighted by Crippen LogP contribution is -2.17. The van der Waals surface area contributed by atoms with Crippen molar-refractivity contribution in [2.24, 2.45) is 5.92 Å². The molecule has 0 spiro atoms. The van der Waals surface area contributed by atoms with Gasteiger partial charge < -0.3 is 5.11 Å². The first-order valence-electron chi connectivity index (χ1n) is 4.48. The van der Waals surface area contributed by atoms with Gasteiger partial charge in [-0.25, -0.2) is 0 Å². The molecule has 2 unspecified atom stereocenters. The highest BCUT2D eigenvalue weighted by Crippen LogP contribution is 2.24. The maximum Gasteiger partial charge on any atom is 0.307 e. The van der Waals surface area contributed by atoms with E-state index in [2.05, 4.69) is 0 Å². The SMILES string of the molecule is CC(CS(=O)c1ccc(Cl)c(Cl)c1)C(=O)O. The number of hydrogen-bond donors (Lipinski definition) is 1. The van der Waals surface area contributed by atoms with E-state index in [1.165, 1.54) is 13.0 Å². The summed E-state index contributed by atoms with van der Waals surface area (Å²) in [6.07, 6.45) is 0. The monoisotopic (exact) mass is 280 g/mol.